The Labute approximate surface area is 212 Å². The number of piperidine rings is 1. The van der Waals surface area contributed by atoms with Gasteiger partial charge >= 0.3 is 6.03 Å². The van der Waals surface area contributed by atoms with E-state index in [1.807, 2.05) is 43.5 Å². The number of ether oxygens (including phenoxy) is 1. The number of urea groups is 1. The lowest BCUT2D eigenvalue weighted by atomic mass is 9.93. The molecule has 1 aliphatic rings. The van der Waals surface area contributed by atoms with Crippen LogP contribution in [0.25, 0.3) is 22.2 Å². The van der Waals surface area contributed by atoms with E-state index in [0.717, 1.165) is 40.7 Å². The molecule has 3 N–H and O–H groups in total. The number of amides is 2. The molecule has 3 aromatic heterocycles. The van der Waals surface area contributed by atoms with Crippen molar-refractivity contribution in [3.8, 4) is 17.0 Å². The zero-order chi connectivity index (χ0) is 24.5. The van der Waals surface area contributed by atoms with Gasteiger partial charge in [-0.2, -0.15) is 5.10 Å². The number of carbonyl (C=O) groups is 1. The van der Waals surface area contributed by atoms with Crippen LogP contribution in [0.1, 0.15) is 43.0 Å². The molecule has 1 fully saturated rings. The van der Waals surface area contributed by atoms with Crippen molar-refractivity contribution in [3.05, 3.63) is 70.2 Å². The average molecular weight is 511 g/mol. The Bertz CT molecular complexity index is 1350. The Morgan fingerprint density at radius 2 is 1.89 bits per heavy atom. The molecule has 1 aliphatic heterocycles. The SMILES string of the molecule is C[C@@H](Oc1ccc2[nH]nc(-c3ccc(C4CCN(C(N)=O)CC4)nc3)c2c1)c1c(Cl)cncc1Cl. The number of H-pyrrole nitrogens is 1. The Morgan fingerprint density at radius 1 is 1.14 bits per heavy atom. The van der Waals surface area contributed by atoms with E-state index in [1.165, 1.54) is 0 Å². The van der Waals surface area contributed by atoms with Crippen molar-refractivity contribution in [1.29, 1.82) is 0 Å². The number of aromatic nitrogens is 4. The first-order chi connectivity index (χ1) is 16.9. The molecule has 8 nitrogen and oxygen atoms in total. The Kier molecular flexibility index (Phi) is 6.49. The van der Waals surface area contributed by atoms with E-state index in [9.17, 15) is 4.79 Å². The van der Waals surface area contributed by atoms with Crippen LogP contribution < -0.4 is 10.5 Å². The summed E-state index contributed by atoms with van der Waals surface area (Å²) >= 11 is 12.6. The van der Waals surface area contributed by atoms with E-state index in [4.69, 9.17) is 38.7 Å². The Hall–Kier alpha value is -3.36. The molecular formula is C25H24Cl2N6O2. The van der Waals surface area contributed by atoms with Gasteiger partial charge in [0, 0.05) is 59.8 Å². The molecule has 0 saturated carbocycles. The number of fused-ring (bicyclic) bond motifs is 1. The first-order valence-corrected chi connectivity index (χ1v) is 12.1. The molecule has 1 saturated heterocycles. The maximum atomic E-state index is 11.4. The third-order valence-corrected chi connectivity index (χ3v) is 7.03. The topological polar surface area (TPSA) is 110 Å². The van der Waals surface area contributed by atoms with Crippen molar-refractivity contribution in [3.63, 3.8) is 0 Å². The van der Waals surface area contributed by atoms with Crippen molar-refractivity contribution < 1.29 is 9.53 Å². The van der Waals surface area contributed by atoms with Crippen molar-refractivity contribution in [1.82, 2.24) is 25.1 Å². The van der Waals surface area contributed by atoms with Gasteiger partial charge < -0.3 is 15.4 Å². The number of pyridine rings is 2. The number of likely N-dealkylation sites (tertiary alicyclic amines) is 1. The van der Waals surface area contributed by atoms with Crippen LogP contribution in [-0.4, -0.2) is 44.2 Å². The predicted molar refractivity (Wildman–Crippen MR) is 136 cm³/mol. The summed E-state index contributed by atoms with van der Waals surface area (Å²) in [6, 6.07) is 9.46. The summed E-state index contributed by atoms with van der Waals surface area (Å²) in [6.45, 7) is 3.21. The van der Waals surface area contributed by atoms with Crippen LogP contribution in [0.2, 0.25) is 10.0 Å². The second-order valence-electron chi connectivity index (χ2n) is 8.63. The molecule has 1 aromatic carbocycles. The number of nitrogens with one attached hydrogen (secondary N) is 1. The summed E-state index contributed by atoms with van der Waals surface area (Å²) in [5, 5.41) is 9.43. The minimum absolute atomic E-state index is 0.309. The molecule has 180 valence electrons. The van der Waals surface area contributed by atoms with E-state index in [-0.39, 0.29) is 12.1 Å². The third-order valence-electron chi connectivity index (χ3n) is 6.43. The molecule has 5 rings (SSSR count). The summed E-state index contributed by atoms with van der Waals surface area (Å²) < 4.78 is 6.16. The Balaban J connectivity index is 1.36. The largest absolute Gasteiger partial charge is 0.486 e. The quantitative estimate of drug-likeness (QED) is 0.356. The number of nitrogens with zero attached hydrogens (tertiary/aromatic N) is 4. The fourth-order valence-electron chi connectivity index (χ4n) is 4.54. The predicted octanol–water partition coefficient (Wildman–Crippen LogP) is 5.72. The van der Waals surface area contributed by atoms with Gasteiger partial charge in [0.25, 0.3) is 0 Å². The van der Waals surface area contributed by atoms with Crippen LogP contribution in [0.3, 0.4) is 0 Å². The van der Waals surface area contributed by atoms with Crippen molar-refractivity contribution in [2.45, 2.75) is 31.8 Å². The van der Waals surface area contributed by atoms with Gasteiger partial charge in [0.15, 0.2) is 0 Å². The molecule has 0 bridgehead atoms. The van der Waals surface area contributed by atoms with Crippen LogP contribution in [0.15, 0.2) is 48.9 Å². The van der Waals surface area contributed by atoms with E-state index >= 15 is 0 Å². The normalized spacial score (nSPS) is 15.3. The van der Waals surface area contributed by atoms with Gasteiger partial charge in [-0.15, -0.1) is 0 Å². The summed E-state index contributed by atoms with van der Waals surface area (Å²) in [7, 11) is 0. The highest BCUT2D eigenvalue weighted by Gasteiger charge is 2.23. The summed E-state index contributed by atoms with van der Waals surface area (Å²) in [5.74, 6) is 0.978. The van der Waals surface area contributed by atoms with Crippen molar-refractivity contribution in [2.24, 2.45) is 5.73 Å². The lowest BCUT2D eigenvalue weighted by Gasteiger charge is -2.30. The zero-order valence-corrected chi connectivity index (χ0v) is 20.6. The number of hydrogen-bond donors (Lipinski definition) is 2. The van der Waals surface area contributed by atoms with Crippen molar-refractivity contribution in [2.75, 3.05) is 13.1 Å². The highest BCUT2D eigenvalue weighted by atomic mass is 35.5. The number of carbonyl (C=O) groups excluding carboxylic acids is 1. The minimum Gasteiger partial charge on any atom is -0.486 e. The molecule has 10 heteroatoms. The highest BCUT2D eigenvalue weighted by molar-refractivity contribution is 6.35. The lowest BCUT2D eigenvalue weighted by Crippen LogP contribution is -2.41. The standard InChI is InChI=1S/C25H24Cl2N6O2/c1-14(23-19(26)12-29-13-20(23)27)35-17-3-5-22-18(10-17)24(32-31-22)16-2-4-21(30-11-16)15-6-8-33(9-7-15)25(28)34/h2-5,10-15H,6-9H2,1H3,(H2,28,34)(H,31,32)/t14-/m1/s1. The molecule has 0 aliphatic carbocycles. The average Bonchev–Trinajstić information content (AvgIpc) is 3.27. The zero-order valence-electron chi connectivity index (χ0n) is 19.0. The number of hydrogen-bond acceptors (Lipinski definition) is 5. The fourth-order valence-corrected chi connectivity index (χ4v) is 5.21. The van der Waals surface area contributed by atoms with Gasteiger partial charge in [-0.1, -0.05) is 23.2 Å². The number of halogens is 2. The van der Waals surface area contributed by atoms with E-state index in [0.29, 0.717) is 40.4 Å². The summed E-state index contributed by atoms with van der Waals surface area (Å²) in [6.07, 6.45) is 6.29. The monoisotopic (exact) mass is 510 g/mol. The first-order valence-electron chi connectivity index (χ1n) is 11.3. The molecule has 0 spiro atoms. The second kappa shape index (κ2) is 9.71. The van der Waals surface area contributed by atoms with Crippen LogP contribution in [0, 0.1) is 0 Å². The third kappa shape index (κ3) is 4.76. The van der Waals surface area contributed by atoms with Crippen molar-refractivity contribution >= 4 is 40.1 Å². The number of benzene rings is 1. The molecule has 4 aromatic rings. The molecule has 0 radical (unpaired) electrons. The highest BCUT2D eigenvalue weighted by Crippen LogP contribution is 2.35. The van der Waals surface area contributed by atoms with Gasteiger partial charge in [0.1, 0.15) is 17.5 Å². The molecule has 1 atom stereocenters. The van der Waals surface area contributed by atoms with Crippen LogP contribution in [-0.2, 0) is 0 Å². The fraction of sp³-hybridized carbons (Fsp3) is 0.280. The van der Waals surface area contributed by atoms with Gasteiger partial charge in [-0.3, -0.25) is 15.1 Å². The smallest absolute Gasteiger partial charge is 0.314 e. The molecular weight excluding hydrogens is 487 g/mol. The number of primary amides is 1. The van der Waals surface area contributed by atoms with E-state index in [2.05, 4.69) is 15.2 Å². The van der Waals surface area contributed by atoms with E-state index < -0.39 is 0 Å². The summed E-state index contributed by atoms with van der Waals surface area (Å²) in [4.78, 5) is 21.8. The van der Waals surface area contributed by atoms with Gasteiger partial charge in [-0.25, -0.2) is 4.79 Å². The maximum Gasteiger partial charge on any atom is 0.314 e. The van der Waals surface area contributed by atoms with Gasteiger partial charge in [-0.05, 0) is 50.1 Å². The molecule has 2 amide bonds. The van der Waals surface area contributed by atoms with E-state index in [1.54, 1.807) is 17.3 Å². The maximum absolute atomic E-state index is 11.4. The van der Waals surface area contributed by atoms with Crippen LogP contribution in [0.5, 0.6) is 5.75 Å². The van der Waals surface area contributed by atoms with Crippen LogP contribution >= 0.6 is 23.2 Å². The number of rotatable bonds is 5. The minimum atomic E-state index is -0.368. The van der Waals surface area contributed by atoms with Crippen LogP contribution in [0.4, 0.5) is 4.79 Å². The Morgan fingerprint density at radius 3 is 2.54 bits per heavy atom. The molecule has 35 heavy (non-hydrogen) atoms. The van der Waals surface area contributed by atoms with Gasteiger partial charge in [0.2, 0.25) is 0 Å². The second-order valence-corrected chi connectivity index (χ2v) is 9.44. The van der Waals surface area contributed by atoms with Gasteiger partial charge in [0.05, 0.1) is 15.6 Å². The summed E-state index contributed by atoms with van der Waals surface area (Å²) in [5.41, 5.74) is 9.68. The first kappa shape index (κ1) is 23.4. The molecule has 0 unspecified atom stereocenters. The number of aromatic amines is 1. The lowest BCUT2D eigenvalue weighted by molar-refractivity contribution is 0.190. The molecule has 4 heterocycles. The number of nitrogens with two attached hydrogens (primary N) is 1.